The van der Waals surface area contributed by atoms with Crippen molar-refractivity contribution in [2.24, 2.45) is 0 Å². The largest absolute Gasteiger partial charge is 0.496 e. The van der Waals surface area contributed by atoms with Crippen LogP contribution in [0.1, 0.15) is 31.8 Å². The summed E-state index contributed by atoms with van der Waals surface area (Å²) >= 11 is 6.15. The van der Waals surface area contributed by atoms with Crippen molar-refractivity contribution >= 4 is 23.2 Å². The normalized spacial score (nSPS) is 10.6. The zero-order valence-corrected chi connectivity index (χ0v) is 18.9. The molecule has 0 aliphatic carbocycles. The first-order valence-corrected chi connectivity index (χ1v) is 10.9. The van der Waals surface area contributed by atoms with Crippen molar-refractivity contribution in [2.45, 2.75) is 12.8 Å². The van der Waals surface area contributed by atoms with E-state index in [1.54, 1.807) is 30.5 Å². The number of Topliss-reactive ketones (excluding diaryl/α,β-unsaturated/α-hetero) is 2. The van der Waals surface area contributed by atoms with Gasteiger partial charge in [0, 0.05) is 30.8 Å². The van der Waals surface area contributed by atoms with Crippen LogP contribution in [0.5, 0.6) is 5.75 Å². The van der Waals surface area contributed by atoms with E-state index in [9.17, 15) is 9.59 Å². The van der Waals surface area contributed by atoms with Gasteiger partial charge in [-0.15, -0.1) is 0 Å². The predicted molar refractivity (Wildman–Crippen MR) is 130 cm³/mol. The molecule has 0 fully saturated rings. The molecule has 4 rings (SSSR count). The van der Waals surface area contributed by atoms with Gasteiger partial charge in [0.25, 0.3) is 0 Å². The Balaban J connectivity index is 1.52. The molecule has 0 aliphatic heterocycles. The van der Waals surface area contributed by atoms with Crippen molar-refractivity contribution in [3.8, 4) is 16.9 Å². The van der Waals surface area contributed by atoms with E-state index in [1.807, 2.05) is 42.5 Å². The van der Waals surface area contributed by atoms with Crippen LogP contribution in [0.2, 0.25) is 5.02 Å². The lowest BCUT2D eigenvalue weighted by Gasteiger charge is -2.11. The third-order valence-electron chi connectivity index (χ3n) is 5.46. The number of halogens is 1. The van der Waals surface area contributed by atoms with E-state index >= 15 is 0 Å². The second-order valence-electron chi connectivity index (χ2n) is 7.65. The fourth-order valence-electron chi connectivity index (χ4n) is 3.65. The molecule has 3 aromatic carbocycles. The van der Waals surface area contributed by atoms with Gasteiger partial charge in [0.05, 0.1) is 17.7 Å². The number of hydrogen-bond donors (Lipinski definition) is 0. The maximum Gasteiger partial charge on any atom is 0.171 e. The second-order valence-corrected chi connectivity index (χ2v) is 8.05. The molecule has 4 aromatic rings. The van der Waals surface area contributed by atoms with Gasteiger partial charge in [0.2, 0.25) is 0 Å². The summed E-state index contributed by atoms with van der Waals surface area (Å²) in [7, 11) is 1.50. The Morgan fingerprint density at radius 2 is 1.58 bits per heavy atom. The zero-order valence-electron chi connectivity index (χ0n) is 18.1. The smallest absolute Gasteiger partial charge is 0.171 e. The van der Waals surface area contributed by atoms with Gasteiger partial charge in [-0.05, 0) is 46.5 Å². The number of aromatic nitrogens is 1. The summed E-state index contributed by atoms with van der Waals surface area (Å²) in [5.74, 6) is 0.178. The molecule has 0 N–H and O–H groups in total. The van der Waals surface area contributed by atoms with Gasteiger partial charge in [-0.25, -0.2) is 0 Å². The van der Waals surface area contributed by atoms with E-state index in [0.29, 0.717) is 27.5 Å². The molecule has 0 bridgehead atoms. The molecule has 4 nitrogen and oxygen atoms in total. The third kappa shape index (κ3) is 5.36. The monoisotopic (exact) mass is 455 g/mol. The summed E-state index contributed by atoms with van der Waals surface area (Å²) in [5.41, 5.74) is 4.63. The van der Waals surface area contributed by atoms with Crippen molar-refractivity contribution in [3.63, 3.8) is 0 Å². The summed E-state index contributed by atoms with van der Waals surface area (Å²) in [4.78, 5) is 29.9. The SMILES string of the molecule is COc1ccc(C(=O)Cc2ccc(-c3ccccc3)cc2)cc1C(=O)Cc1ccncc1Cl. The summed E-state index contributed by atoms with van der Waals surface area (Å²) in [6.45, 7) is 0. The van der Waals surface area contributed by atoms with E-state index in [1.165, 1.54) is 13.3 Å². The molecule has 1 heterocycles. The molecule has 0 amide bonds. The molecule has 0 aliphatic rings. The molecular formula is C28H22ClNO3. The van der Waals surface area contributed by atoms with Gasteiger partial charge in [-0.2, -0.15) is 0 Å². The van der Waals surface area contributed by atoms with E-state index < -0.39 is 0 Å². The Kier molecular flexibility index (Phi) is 6.96. The number of benzene rings is 3. The fourth-order valence-corrected chi connectivity index (χ4v) is 3.83. The standard InChI is InChI=1S/C28H22ClNO3/c1-33-28-12-11-23(16-24(28)27(32)17-22-13-14-30-18-25(22)29)26(31)15-19-7-9-21(10-8-19)20-5-3-2-4-6-20/h2-14,16,18H,15,17H2,1H3. The molecular weight excluding hydrogens is 434 g/mol. The van der Waals surface area contributed by atoms with Crippen LogP contribution in [0, 0.1) is 0 Å². The maximum absolute atomic E-state index is 13.0. The molecule has 33 heavy (non-hydrogen) atoms. The molecule has 1 aromatic heterocycles. The number of methoxy groups -OCH3 is 1. The summed E-state index contributed by atoms with van der Waals surface area (Å²) in [5, 5.41) is 0.427. The van der Waals surface area contributed by atoms with E-state index in [2.05, 4.69) is 17.1 Å². The van der Waals surface area contributed by atoms with Gasteiger partial charge in [0.15, 0.2) is 11.6 Å². The number of pyridine rings is 1. The first kappa shape index (κ1) is 22.4. The van der Waals surface area contributed by atoms with Gasteiger partial charge >= 0.3 is 0 Å². The number of carbonyl (C=O) groups is 2. The summed E-state index contributed by atoms with van der Waals surface area (Å²) in [6, 6.07) is 24.7. The minimum absolute atomic E-state index is 0.0684. The number of hydrogen-bond acceptors (Lipinski definition) is 4. The third-order valence-corrected chi connectivity index (χ3v) is 5.80. The first-order chi connectivity index (χ1) is 16.0. The molecule has 0 radical (unpaired) electrons. The molecule has 0 atom stereocenters. The van der Waals surface area contributed by atoms with Gasteiger partial charge in [0.1, 0.15) is 5.75 Å². The van der Waals surface area contributed by atoms with Crippen molar-refractivity contribution in [2.75, 3.05) is 7.11 Å². The number of carbonyl (C=O) groups excluding carboxylic acids is 2. The molecule has 0 spiro atoms. The van der Waals surface area contributed by atoms with E-state index in [0.717, 1.165) is 16.7 Å². The Hall–Kier alpha value is -3.76. The molecule has 0 saturated carbocycles. The average molecular weight is 456 g/mol. The van der Waals surface area contributed by atoms with Crippen molar-refractivity contribution in [3.05, 3.63) is 119 Å². The highest BCUT2D eigenvalue weighted by Gasteiger charge is 2.18. The van der Waals surface area contributed by atoms with Crippen LogP contribution in [0.15, 0.2) is 91.3 Å². The fraction of sp³-hybridized carbons (Fsp3) is 0.107. The lowest BCUT2D eigenvalue weighted by Crippen LogP contribution is -2.10. The first-order valence-electron chi connectivity index (χ1n) is 10.5. The number of rotatable bonds is 8. The molecule has 5 heteroatoms. The van der Waals surface area contributed by atoms with Crippen LogP contribution in [0.3, 0.4) is 0 Å². The van der Waals surface area contributed by atoms with E-state index in [-0.39, 0.29) is 24.4 Å². The van der Waals surface area contributed by atoms with Crippen LogP contribution < -0.4 is 4.74 Å². The molecule has 0 saturated heterocycles. The highest BCUT2D eigenvalue weighted by molar-refractivity contribution is 6.31. The minimum Gasteiger partial charge on any atom is -0.496 e. The van der Waals surface area contributed by atoms with Crippen LogP contribution in [0.25, 0.3) is 11.1 Å². The minimum atomic E-state index is -0.179. The average Bonchev–Trinajstić information content (AvgIpc) is 2.86. The van der Waals surface area contributed by atoms with Gasteiger partial charge < -0.3 is 4.74 Å². The quantitative estimate of drug-likeness (QED) is 0.294. The highest BCUT2D eigenvalue weighted by atomic mass is 35.5. The topological polar surface area (TPSA) is 56.3 Å². The Morgan fingerprint density at radius 1 is 0.848 bits per heavy atom. The molecule has 0 unspecified atom stereocenters. The maximum atomic E-state index is 13.0. The molecule has 164 valence electrons. The lowest BCUT2D eigenvalue weighted by atomic mass is 9.96. The zero-order chi connectivity index (χ0) is 23.2. The number of ether oxygens (including phenoxy) is 1. The van der Waals surface area contributed by atoms with Crippen LogP contribution in [-0.2, 0) is 12.8 Å². The number of ketones is 2. The van der Waals surface area contributed by atoms with E-state index in [4.69, 9.17) is 16.3 Å². The summed E-state index contributed by atoms with van der Waals surface area (Å²) < 4.78 is 5.37. The van der Waals surface area contributed by atoms with Gasteiger partial charge in [-0.3, -0.25) is 14.6 Å². The number of nitrogens with zero attached hydrogens (tertiary/aromatic N) is 1. The van der Waals surface area contributed by atoms with Crippen molar-refractivity contribution in [1.82, 2.24) is 4.98 Å². The lowest BCUT2D eigenvalue weighted by molar-refractivity contribution is 0.0990. The Morgan fingerprint density at radius 3 is 2.27 bits per heavy atom. The van der Waals surface area contributed by atoms with Gasteiger partial charge in [-0.1, -0.05) is 66.2 Å². The Labute approximate surface area is 197 Å². The van der Waals surface area contributed by atoms with Crippen LogP contribution >= 0.6 is 11.6 Å². The van der Waals surface area contributed by atoms with Crippen LogP contribution in [0.4, 0.5) is 0 Å². The highest BCUT2D eigenvalue weighted by Crippen LogP contribution is 2.25. The Bertz CT molecular complexity index is 1280. The van der Waals surface area contributed by atoms with Crippen molar-refractivity contribution < 1.29 is 14.3 Å². The predicted octanol–water partition coefficient (Wildman–Crippen LogP) is 6.26. The summed E-state index contributed by atoms with van der Waals surface area (Å²) in [6.07, 6.45) is 3.43. The second kappa shape index (κ2) is 10.2. The van der Waals surface area contributed by atoms with Crippen molar-refractivity contribution in [1.29, 1.82) is 0 Å². The van der Waals surface area contributed by atoms with Crippen LogP contribution in [-0.4, -0.2) is 23.7 Å².